The Hall–Kier alpha value is -5.08. The molecule has 48 heavy (non-hydrogen) atoms. The van der Waals surface area contributed by atoms with Gasteiger partial charge in [0, 0.05) is 38.5 Å². The molecule has 0 saturated carbocycles. The molecule has 9 nitrogen and oxygen atoms in total. The van der Waals surface area contributed by atoms with Gasteiger partial charge < -0.3 is 10.6 Å². The first-order valence-electron chi connectivity index (χ1n) is 16.2. The van der Waals surface area contributed by atoms with Crippen molar-refractivity contribution in [2.75, 3.05) is 13.1 Å². The fraction of sp³-hybridized carbons (Fsp3) is 0.351. The summed E-state index contributed by atoms with van der Waals surface area (Å²) in [5.74, 6) is 4.15. The maximum absolute atomic E-state index is 13.5. The standard InChI is InChI=1S/C37H37F2N5O4/c1-42-33-22-27(11-13-31(33)44(37(42)48)32-14-15-34(45)41-35(32)46)26-9-6-23(7-10-26)4-2-3-5-24-16-18-43(19-17-24)36(47)30(40)21-25-8-12-28(38)29(39)20-25/h6-13,20,22,24,30,32H,3,5,14-19,21,40H2,1H3,(H,41,45,46)/t30-,32?/m0/s1. The van der Waals surface area contributed by atoms with Gasteiger partial charge in [-0.25, -0.2) is 13.6 Å². The summed E-state index contributed by atoms with van der Waals surface area (Å²) in [6, 6.07) is 15.7. The summed E-state index contributed by atoms with van der Waals surface area (Å²) in [4.78, 5) is 51.8. The number of amides is 3. The van der Waals surface area contributed by atoms with Crippen molar-refractivity contribution >= 4 is 28.8 Å². The first-order chi connectivity index (χ1) is 23.1. The molecular weight excluding hydrogens is 616 g/mol. The highest BCUT2D eigenvalue weighted by atomic mass is 19.2. The number of halogens is 2. The lowest BCUT2D eigenvalue weighted by atomic mass is 9.91. The number of imide groups is 1. The molecule has 6 rings (SSSR count). The van der Waals surface area contributed by atoms with E-state index in [9.17, 15) is 28.0 Å². The number of carbonyl (C=O) groups excluding carboxylic acids is 3. The second kappa shape index (κ2) is 14.0. The molecule has 0 aliphatic carbocycles. The quantitative estimate of drug-likeness (QED) is 0.229. The molecule has 1 aromatic heterocycles. The van der Waals surface area contributed by atoms with Crippen LogP contribution in [0.5, 0.6) is 0 Å². The molecule has 2 atom stereocenters. The molecule has 4 aromatic rings. The van der Waals surface area contributed by atoms with Gasteiger partial charge in [-0.05, 0) is 91.1 Å². The number of hydrogen-bond acceptors (Lipinski definition) is 5. The van der Waals surface area contributed by atoms with Gasteiger partial charge in [0.05, 0.1) is 17.1 Å². The van der Waals surface area contributed by atoms with Crippen LogP contribution in [-0.2, 0) is 27.9 Å². The van der Waals surface area contributed by atoms with Gasteiger partial charge in [0.15, 0.2) is 11.6 Å². The lowest BCUT2D eigenvalue weighted by molar-refractivity contribution is -0.136. The van der Waals surface area contributed by atoms with E-state index in [0.29, 0.717) is 35.6 Å². The summed E-state index contributed by atoms with van der Waals surface area (Å²) in [5, 5.41) is 2.33. The van der Waals surface area contributed by atoms with E-state index in [4.69, 9.17) is 5.73 Å². The average molecular weight is 654 g/mol. The molecule has 3 heterocycles. The number of likely N-dealkylation sites (tertiary alicyclic amines) is 1. The van der Waals surface area contributed by atoms with Crippen LogP contribution in [-0.4, -0.2) is 50.9 Å². The second-order valence-corrected chi connectivity index (χ2v) is 12.6. The Balaban J connectivity index is 1.00. The van der Waals surface area contributed by atoms with Gasteiger partial charge >= 0.3 is 5.69 Å². The van der Waals surface area contributed by atoms with E-state index >= 15 is 0 Å². The Morgan fingerprint density at radius 3 is 2.38 bits per heavy atom. The Morgan fingerprint density at radius 2 is 1.67 bits per heavy atom. The monoisotopic (exact) mass is 653 g/mol. The van der Waals surface area contributed by atoms with Crippen molar-refractivity contribution in [1.82, 2.24) is 19.4 Å². The first kappa shape index (κ1) is 32.8. The number of aryl methyl sites for hydroxylation is 1. The number of nitrogens with two attached hydrogens (primary N) is 1. The van der Waals surface area contributed by atoms with E-state index in [1.165, 1.54) is 15.2 Å². The molecule has 2 saturated heterocycles. The van der Waals surface area contributed by atoms with E-state index in [1.54, 1.807) is 11.9 Å². The molecule has 0 radical (unpaired) electrons. The van der Waals surface area contributed by atoms with E-state index in [0.717, 1.165) is 54.5 Å². The van der Waals surface area contributed by atoms with Crippen molar-refractivity contribution in [3.63, 3.8) is 0 Å². The minimum Gasteiger partial charge on any atom is -0.341 e. The minimum absolute atomic E-state index is 0.156. The van der Waals surface area contributed by atoms with Crippen LogP contribution in [0, 0.1) is 29.4 Å². The molecule has 3 N–H and O–H groups in total. The number of nitrogens with one attached hydrogen (secondary N) is 1. The number of nitrogens with zero attached hydrogens (tertiary/aromatic N) is 3. The van der Waals surface area contributed by atoms with Gasteiger partial charge in [-0.1, -0.05) is 36.1 Å². The van der Waals surface area contributed by atoms with Gasteiger partial charge in [-0.15, -0.1) is 0 Å². The summed E-state index contributed by atoms with van der Waals surface area (Å²) in [6.07, 6.45) is 4.05. The van der Waals surface area contributed by atoms with Crippen LogP contribution < -0.4 is 16.7 Å². The molecule has 0 spiro atoms. The SMILES string of the molecule is Cn1c(=O)n(C2CCC(=O)NC2=O)c2ccc(-c3ccc(C#CCCC4CCN(C(=O)[C@@H](N)Cc5ccc(F)c(F)c5)CC4)cc3)cc21. The lowest BCUT2D eigenvalue weighted by Crippen LogP contribution is -2.48. The third kappa shape index (κ3) is 6.94. The topological polar surface area (TPSA) is 119 Å². The van der Waals surface area contributed by atoms with Gasteiger partial charge in [-0.2, -0.15) is 0 Å². The molecule has 2 aliphatic heterocycles. The van der Waals surface area contributed by atoms with Crippen LogP contribution in [0.4, 0.5) is 8.78 Å². The number of hydrogen-bond donors (Lipinski definition) is 2. The molecule has 0 bridgehead atoms. The predicted octanol–water partition coefficient (Wildman–Crippen LogP) is 4.20. The van der Waals surface area contributed by atoms with Crippen molar-refractivity contribution < 1.29 is 23.2 Å². The Labute approximate surface area is 276 Å². The minimum atomic E-state index is -0.946. The van der Waals surface area contributed by atoms with Gasteiger partial charge in [0.1, 0.15) is 6.04 Å². The van der Waals surface area contributed by atoms with Crippen LogP contribution >= 0.6 is 0 Å². The number of piperidine rings is 2. The molecule has 3 amide bonds. The number of rotatable bonds is 7. The summed E-state index contributed by atoms with van der Waals surface area (Å²) in [5.41, 5.74) is 10.4. The predicted molar refractivity (Wildman–Crippen MR) is 177 cm³/mol. The normalized spacial score (nSPS) is 17.6. The molecule has 2 fully saturated rings. The molecule has 11 heteroatoms. The number of imidazole rings is 1. The highest BCUT2D eigenvalue weighted by Crippen LogP contribution is 2.28. The number of benzene rings is 3. The van der Waals surface area contributed by atoms with Crippen LogP contribution in [0.15, 0.2) is 65.5 Å². The third-order valence-corrected chi connectivity index (χ3v) is 9.42. The smallest absolute Gasteiger partial charge is 0.329 e. The largest absolute Gasteiger partial charge is 0.341 e. The fourth-order valence-electron chi connectivity index (χ4n) is 6.64. The summed E-state index contributed by atoms with van der Waals surface area (Å²) >= 11 is 0. The second-order valence-electron chi connectivity index (χ2n) is 12.6. The van der Waals surface area contributed by atoms with Crippen molar-refractivity contribution in [3.8, 4) is 23.0 Å². The molecule has 2 aliphatic rings. The maximum atomic E-state index is 13.5. The van der Waals surface area contributed by atoms with E-state index in [2.05, 4.69) is 17.2 Å². The zero-order valence-corrected chi connectivity index (χ0v) is 26.7. The van der Waals surface area contributed by atoms with Crippen molar-refractivity contribution in [1.29, 1.82) is 0 Å². The van der Waals surface area contributed by atoms with Crippen molar-refractivity contribution in [2.45, 2.75) is 57.0 Å². The van der Waals surface area contributed by atoms with Crippen LogP contribution in [0.2, 0.25) is 0 Å². The van der Waals surface area contributed by atoms with Crippen LogP contribution in [0.3, 0.4) is 0 Å². The molecule has 3 aromatic carbocycles. The van der Waals surface area contributed by atoms with Crippen LogP contribution in [0.1, 0.15) is 55.7 Å². The Morgan fingerprint density at radius 1 is 0.938 bits per heavy atom. The van der Waals surface area contributed by atoms with E-state index in [-0.39, 0.29) is 36.8 Å². The maximum Gasteiger partial charge on any atom is 0.329 e. The molecule has 248 valence electrons. The number of fused-ring (bicyclic) bond motifs is 1. The van der Waals surface area contributed by atoms with Crippen molar-refractivity contribution in [3.05, 3.63) is 93.9 Å². The summed E-state index contributed by atoms with van der Waals surface area (Å²) in [6.45, 7) is 1.23. The Bertz CT molecular complexity index is 2000. The third-order valence-electron chi connectivity index (χ3n) is 9.42. The highest BCUT2D eigenvalue weighted by molar-refractivity contribution is 6.00. The lowest BCUT2D eigenvalue weighted by Gasteiger charge is -2.33. The van der Waals surface area contributed by atoms with Crippen molar-refractivity contribution in [2.24, 2.45) is 18.7 Å². The van der Waals surface area contributed by atoms with Gasteiger partial charge in [-0.3, -0.25) is 28.8 Å². The van der Waals surface area contributed by atoms with Gasteiger partial charge in [0.2, 0.25) is 17.7 Å². The van der Waals surface area contributed by atoms with E-state index in [1.807, 2.05) is 42.5 Å². The average Bonchev–Trinajstić information content (AvgIpc) is 3.33. The number of carbonyl (C=O) groups is 3. The highest BCUT2D eigenvalue weighted by Gasteiger charge is 2.31. The summed E-state index contributed by atoms with van der Waals surface area (Å²) in [7, 11) is 1.68. The molecular formula is C37H37F2N5O4. The van der Waals surface area contributed by atoms with Gasteiger partial charge in [0.25, 0.3) is 0 Å². The number of aromatic nitrogens is 2. The van der Waals surface area contributed by atoms with E-state index < -0.39 is 29.6 Å². The zero-order chi connectivity index (χ0) is 33.9. The Kier molecular flexibility index (Phi) is 9.55. The zero-order valence-electron chi connectivity index (χ0n) is 26.7. The summed E-state index contributed by atoms with van der Waals surface area (Å²) < 4.78 is 29.7. The molecule has 1 unspecified atom stereocenters. The van der Waals surface area contributed by atoms with Crippen LogP contribution in [0.25, 0.3) is 22.2 Å². The first-order valence-corrected chi connectivity index (χ1v) is 16.2. The fourth-order valence-corrected chi connectivity index (χ4v) is 6.64.